The van der Waals surface area contributed by atoms with Crippen LogP contribution in [0.25, 0.3) is 5.76 Å². The summed E-state index contributed by atoms with van der Waals surface area (Å²) in [6.45, 7) is 3.40. The number of likely N-dealkylation sites (tertiary alicyclic amines) is 1. The lowest BCUT2D eigenvalue weighted by atomic mass is 9.95. The molecule has 4 rings (SSSR count). The molecule has 1 heterocycles. The molecule has 0 saturated carbocycles. The SMILES string of the molecule is COc1cccc(C2/C(=C(\O)c3cccc(OC(C)C)c3)C(=O)C(=O)N2Cc2cccc(C(F)(F)F)c2)c1. The number of aliphatic hydroxyl groups is 1. The number of methoxy groups -OCH3 is 1. The molecular weight excluding hydrogens is 499 g/mol. The maximum absolute atomic E-state index is 13.3. The van der Waals surface area contributed by atoms with Crippen molar-refractivity contribution < 1.29 is 37.3 Å². The highest BCUT2D eigenvalue weighted by molar-refractivity contribution is 6.46. The number of rotatable bonds is 7. The summed E-state index contributed by atoms with van der Waals surface area (Å²) in [5.74, 6) is -1.40. The van der Waals surface area contributed by atoms with E-state index in [1.165, 1.54) is 19.2 Å². The molecule has 1 aliphatic heterocycles. The summed E-state index contributed by atoms with van der Waals surface area (Å²) in [7, 11) is 1.46. The highest BCUT2D eigenvalue weighted by atomic mass is 19.4. The number of halogens is 3. The molecule has 1 fully saturated rings. The fraction of sp³-hybridized carbons (Fsp3) is 0.241. The molecule has 1 N–H and O–H groups in total. The predicted molar refractivity (Wildman–Crippen MR) is 134 cm³/mol. The molecule has 1 unspecified atom stereocenters. The summed E-state index contributed by atoms with van der Waals surface area (Å²) in [6.07, 6.45) is -4.71. The van der Waals surface area contributed by atoms with Crippen LogP contribution >= 0.6 is 0 Å². The van der Waals surface area contributed by atoms with Gasteiger partial charge in [-0.15, -0.1) is 0 Å². The van der Waals surface area contributed by atoms with Crippen molar-refractivity contribution in [2.24, 2.45) is 0 Å². The Morgan fingerprint density at radius 2 is 1.66 bits per heavy atom. The van der Waals surface area contributed by atoms with Crippen molar-refractivity contribution in [3.63, 3.8) is 0 Å². The van der Waals surface area contributed by atoms with Gasteiger partial charge in [0.2, 0.25) is 0 Å². The number of hydrogen-bond acceptors (Lipinski definition) is 5. The first-order valence-electron chi connectivity index (χ1n) is 11.8. The third-order valence-corrected chi connectivity index (χ3v) is 6.04. The lowest BCUT2D eigenvalue weighted by Gasteiger charge is -2.26. The molecule has 6 nitrogen and oxygen atoms in total. The van der Waals surface area contributed by atoms with E-state index in [-0.39, 0.29) is 29.3 Å². The van der Waals surface area contributed by atoms with Gasteiger partial charge in [-0.3, -0.25) is 9.59 Å². The first kappa shape index (κ1) is 26.8. The number of nitrogens with zero attached hydrogens (tertiary/aromatic N) is 1. The van der Waals surface area contributed by atoms with E-state index in [1.807, 2.05) is 13.8 Å². The normalized spacial score (nSPS) is 17.2. The summed E-state index contributed by atoms with van der Waals surface area (Å²) >= 11 is 0. The summed E-state index contributed by atoms with van der Waals surface area (Å²) < 4.78 is 50.9. The summed E-state index contributed by atoms with van der Waals surface area (Å²) in [6, 6.07) is 16.6. The molecule has 1 aliphatic rings. The average Bonchev–Trinajstić information content (AvgIpc) is 3.12. The van der Waals surface area contributed by atoms with Gasteiger partial charge in [0.25, 0.3) is 11.7 Å². The number of aliphatic hydroxyl groups excluding tert-OH is 1. The van der Waals surface area contributed by atoms with Crippen molar-refractivity contribution in [2.45, 2.75) is 38.7 Å². The molecule has 1 amide bonds. The van der Waals surface area contributed by atoms with Gasteiger partial charge in [-0.05, 0) is 61.4 Å². The lowest BCUT2D eigenvalue weighted by Crippen LogP contribution is -2.29. The van der Waals surface area contributed by atoms with Gasteiger partial charge >= 0.3 is 6.18 Å². The second-order valence-corrected chi connectivity index (χ2v) is 9.10. The second kappa shape index (κ2) is 10.6. The van der Waals surface area contributed by atoms with Crippen molar-refractivity contribution in [1.29, 1.82) is 0 Å². The van der Waals surface area contributed by atoms with Gasteiger partial charge in [-0.25, -0.2) is 0 Å². The molecule has 0 aliphatic carbocycles. The van der Waals surface area contributed by atoms with Gasteiger partial charge in [0, 0.05) is 12.1 Å². The average molecular weight is 526 g/mol. The van der Waals surface area contributed by atoms with Gasteiger partial charge in [0.15, 0.2) is 0 Å². The van der Waals surface area contributed by atoms with Crippen molar-refractivity contribution in [3.8, 4) is 11.5 Å². The Morgan fingerprint density at radius 1 is 0.974 bits per heavy atom. The number of ether oxygens (including phenoxy) is 2. The van der Waals surface area contributed by atoms with Crippen LogP contribution in [-0.4, -0.2) is 34.9 Å². The Kier molecular flexibility index (Phi) is 7.48. The number of ketones is 1. The van der Waals surface area contributed by atoms with Crippen molar-refractivity contribution in [1.82, 2.24) is 4.90 Å². The molecule has 38 heavy (non-hydrogen) atoms. The standard InChI is InChI=1S/C29H26F3NO5/c1-17(2)38-23-12-6-9-20(15-23)26(34)24-25(19-8-5-11-22(14-19)37-3)33(28(36)27(24)35)16-18-7-4-10-21(13-18)29(30,31)32/h4-15,17,25,34H,16H2,1-3H3/b26-24+. The molecule has 3 aromatic carbocycles. The minimum Gasteiger partial charge on any atom is -0.507 e. The van der Waals surface area contributed by atoms with Gasteiger partial charge in [0.1, 0.15) is 17.3 Å². The topological polar surface area (TPSA) is 76.1 Å². The number of Topliss-reactive ketones (excluding diaryl/α,β-unsaturated/α-hetero) is 1. The van der Waals surface area contributed by atoms with Crippen LogP contribution in [0.3, 0.4) is 0 Å². The summed E-state index contributed by atoms with van der Waals surface area (Å²) in [5.41, 5.74) is -0.162. The Balaban J connectivity index is 1.85. The largest absolute Gasteiger partial charge is 0.507 e. The molecule has 0 aromatic heterocycles. The van der Waals surface area contributed by atoms with Crippen LogP contribution in [0.2, 0.25) is 0 Å². The van der Waals surface area contributed by atoms with Gasteiger partial charge in [-0.2, -0.15) is 13.2 Å². The molecule has 9 heteroatoms. The Hall–Kier alpha value is -4.27. The molecule has 1 saturated heterocycles. The Labute approximate surface area is 217 Å². The molecular formula is C29H26F3NO5. The Bertz CT molecular complexity index is 1400. The number of amides is 1. The third-order valence-electron chi connectivity index (χ3n) is 6.04. The molecule has 3 aromatic rings. The van der Waals surface area contributed by atoms with Crippen molar-refractivity contribution in [2.75, 3.05) is 7.11 Å². The van der Waals surface area contributed by atoms with Crippen LogP contribution in [0.4, 0.5) is 13.2 Å². The number of alkyl halides is 3. The van der Waals surface area contributed by atoms with E-state index in [2.05, 4.69) is 0 Å². The second-order valence-electron chi connectivity index (χ2n) is 9.10. The van der Waals surface area contributed by atoms with Gasteiger partial charge in [-0.1, -0.05) is 36.4 Å². The lowest BCUT2D eigenvalue weighted by molar-refractivity contribution is -0.140. The zero-order valence-corrected chi connectivity index (χ0v) is 21.0. The minimum absolute atomic E-state index is 0.137. The number of benzene rings is 3. The highest BCUT2D eigenvalue weighted by Crippen LogP contribution is 2.41. The first-order chi connectivity index (χ1) is 18.0. The maximum Gasteiger partial charge on any atom is 0.416 e. The number of hydrogen-bond donors (Lipinski definition) is 1. The van der Waals surface area contributed by atoms with E-state index in [0.717, 1.165) is 17.0 Å². The maximum atomic E-state index is 13.3. The van der Waals surface area contributed by atoms with Crippen LogP contribution in [0.1, 0.15) is 42.1 Å². The fourth-order valence-corrected chi connectivity index (χ4v) is 4.39. The van der Waals surface area contributed by atoms with E-state index in [9.17, 15) is 27.9 Å². The number of carbonyl (C=O) groups excluding carboxylic acids is 2. The fourth-order valence-electron chi connectivity index (χ4n) is 4.39. The Morgan fingerprint density at radius 3 is 2.34 bits per heavy atom. The quantitative estimate of drug-likeness (QED) is 0.228. The molecule has 0 spiro atoms. The van der Waals surface area contributed by atoms with Gasteiger partial charge in [0.05, 0.1) is 30.4 Å². The van der Waals surface area contributed by atoms with E-state index >= 15 is 0 Å². The third kappa shape index (κ3) is 5.51. The van der Waals surface area contributed by atoms with E-state index in [4.69, 9.17) is 9.47 Å². The van der Waals surface area contributed by atoms with E-state index < -0.39 is 35.2 Å². The van der Waals surface area contributed by atoms with Crippen LogP contribution in [0, 0.1) is 0 Å². The summed E-state index contributed by atoms with van der Waals surface area (Å²) in [4.78, 5) is 27.7. The molecule has 0 bridgehead atoms. The van der Waals surface area contributed by atoms with Crippen molar-refractivity contribution in [3.05, 3.63) is 101 Å². The molecule has 1 atom stereocenters. The van der Waals surface area contributed by atoms with Crippen LogP contribution in [0.5, 0.6) is 11.5 Å². The van der Waals surface area contributed by atoms with Crippen LogP contribution in [-0.2, 0) is 22.3 Å². The van der Waals surface area contributed by atoms with Crippen LogP contribution < -0.4 is 9.47 Å². The van der Waals surface area contributed by atoms with Crippen molar-refractivity contribution >= 4 is 17.4 Å². The van der Waals surface area contributed by atoms with Crippen LogP contribution in [0.15, 0.2) is 78.4 Å². The minimum atomic E-state index is -4.57. The predicted octanol–water partition coefficient (Wildman–Crippen LogP) is 6.12. The monoisotopic (exact) mass is 525 g/mol. The smallest absolute Gasteiger partial charge is 0.416 e. The molecule has 0 radical (unpaired) electrons. The first-order valence-corrected chi connectivity index (χ1v) is 11.8. The zero-order valence-electron chi connectivity index (χ0n) is 21.0. The van der Waals surface area contributed by atoms with E-state index in [0.29, 0.717) is 17.1 Å². The summed E-state index contributed by atoms with van der Waals surface area (Å²) in [5, 5.41) is 11.3. The highest BCUT2D eigenvalue weighted by Gasteiger charge is 2.46. The van der Waals surface area contributed by atoms with E-state index in [1.54, 1.807) is 48.5 Å². The molecule has 198 valence electrons. The zero-order chi connectivity index (χ0) is 27.6. The van der Waals surface area contributed by atoms with Gasteiger partial charge < -0.3 is 19.5 Å². The number of carbonyl (C=O) groups is 2.